The Bertz CT molecular complexity index is 412. The zero-order valence-corrected chi connectivity index (χ0v) is 8.50. The minimum atomic E-state index is 0.588. The lowest BCUT2D eigenvalue weighted by atomic mass is 10.2. The van der Waals surface area contributed by atoms with Crippen LogP contribution in [-0.2, 0) is 11.3 Å². The normalized spacial score (nSPS) is 10.5. The number of rotatable bonds is 4. The van der Waals surface area contributed by atoms with E-state index in [0.717, 1.165) is 5.56 Å². The minimum Gasteiger partial charge on any atom is -0.383 e. The van der Waals surface area contributed by atoms with Crippen LogP contribution in [-0.4, -0.2) is 33.9 Å². The van der Waals surface area contributed by atoms with Gasteiger partial charge in [-0.2, -0.15) is 4.80 Å². The van der Waals surface area contributed by atoms with Gasteiger partial charge in [0.1, 0.15) is 0 Å². The molecule has 1 heterocycles. The molecule has 0 atom stereocenters. The van der Waals surface area contributed by atoms with Crippen LogP contribution in [0.25, 0.3) is 11.4 Å². The van der Waals surface area contributed by atoms with E-state index in [1.54, 1.807) is 7.11 Å². The molecule has 0 aliphatic rings. The van der Waals surface area contributed by atoms with Gasteiger partial charge < -0.3 is 4.74 Å². The van der Waals surface area contributed by atoms with Crippen molar-refractivity contribution in [3.05, 3.63) is 30.3 Å². The van der Waals surface area contributed by atoms with Crippen molar-refractivity contribution in [1.29, 1.82) is 0 Å². The number of hydrogen-bond donors (Lipinski definition) is 0. The van der Waals surface area contributed by atoms with Gasteiger partial charge in [0.25, 0.3) is 0 Å². The predicted octanol–water partition coefficient (Wildman–Crippen LogP) is 0.986. The molecule has 0 fully saturated rings. The summed E-state index contributed by atoms with van der Waals surface area (Å²) >= 11 is 0. The Morgan fingerprint density at radius 2 is 2.07 bits per heavy atom. The third-order valence-electron chi connectivity index (χ3n) is 1.98. The quantitative estimate of drug-likeness (QED) is 0.745. The van der Waals surface area contributed by atoms with Gasteiger partial charge in [-0.1, -0.05) is 30.3 Å². The fourth-order valence-corrected chi connectivity index (χ4v) is 1.21. The molecule has 0 saturated heterocycles. The average Bonchev–Trinajstić information content (AvgIpc) is 2.76. The smallest absolute Gasteiger partial charge is 0.204 e. The minimum absolute atomic E-state index is 0.588. The lowest BCUT2D eigenvalue weighted by Gasteiger charge is -1.95. The molecule has 1 aromatic carbocycles. The molecular formula is C10H12N4O. The lowest BCUT2D eigenvalue weighted by Crippen LogP contribution is -2.07. The molecular weight excluding hydrogens is 192 g/mol. The molecule has 0 amide bonds. The van der Waals surface area contributed by atoms with Crippen LogP contribution in [0.15, 0.2) is 30.3 Å². The monoisotopic (exact) mass is 204 g/mol. The standard InChI is InChI=1S/C10H12N4O/c1-15-8-7-14-12-10(11-13-14)9-5-3-2-4-6-9/h2-6H,7-8H2,1H3. The van der Waals surface area contributed by atoms with Gasteiger partial charge in [-0.05, 0) is 5.21 Å². The first-order valence-corrected chi connectivity index (χ1v) is 4.72. The maximum Gasteiger partial charge on any atom is 0.204 e. The number of ether oxygens (including phenoxy) is 1. The van der Waals surface area contributed by atoms with Crippen molar-refractivity contribution in [3.8, 4) is 11.4 Å². The van der Waals surface area contributed by atoms with Gasteiger partial charge >= 0.3 is 0 Å². The summed E-state index contributed by atoms with van der Waals surface area (Å²) in [5, 5.41) is 12.1. The highest BCUT2D eigenvalue weighted by molar-refractivity contribution is 5.52. The second kappa shape index (κ2) is 4.65. The molecule has 1 aromatic heterocycles. The molecule has 5 nitrogen and oxygen atoms in total. The molecule has 0 aliphatic heterocycles. The zero-order chi connectivity index (χ0) is 10.5. The molecule has 0 saturated carbocycles. The van der Waals surface area contributed by atoms with E-state index in [-0.39, 0.29) is 0 Å². The van der Waals surface area contributed by atoms with Crippen molar-refractivity contribution in [3.63, 3.8) is 0 Å². The zero-order valence-electron chi connectivity index (χ0n) is 8.50. The van der Waals surface area contributed by atoms with Crippen molar-refractivity contribution >= 4 is 0 Å². The van der Waals surface area contributed by atoms with Gasteiger partial charge in [0.05, 0.1) is 13.2 Å². The lowest BCUT2D eigenvalue weighted by molar-refractivity contribution is 0.178. The maximum atomic E-state index is 4.93. The highest BCUT2D eigenvalue weighted by Crippen LogP contribution is 2.11. The van der Waals surface area contributed by atoms with Crippen LogP contribution in [0.5, 0.6) is 0 Å². The molecule has 0 unspecified atom stereocenters. The van der Waals surface area contributed by atoms with E-state index in [1.807, 2.05) is 30.3 Å². The molecule has 0 spiro atoms. The summed E-state index contributed by atoms with van der Waals surface area (Å²) < 4.78 is 4.93. The van der Waals surface area contributed by atoms with Gasteiger partial charge in [0.2, 0.25) is 5.82 Å². The van der Waals surface area contributed by atoms with Crippen LogP contribution in [0.4, 0.5) is 0 Å². The van der Waals surface area contributed by atoms with E-state index < -0.39 is 0 Å². The van der Waals surface area contributed by atoms with Crippen LogP contribution in [0.2, 0.25) is 0 Å². The largest absolute Gasteiger partial charge is 0.383 e. The number of nitrogens with zero attached hydrogens (tertiary/aromatic N) is 4. The molecule has 78 valence electrons. The molecule has 0 N–H and O–H groups in total. The Labute approximate surface area is 87.7 Å². The van der Waals surface area contributed by atoms with E-state index in [2.05, 4.69) is 15.4 Å². The van der Waals surface area contributed by atoms with Crippen LogP contribution in [0.3, 0.4) is 0 Å². The van der Waals surface area contributed by atoms with Crippen molar-refractivity contribution in [1.82, 2.24) is 20.2 Å². The molecule has 0 aliphatic carbocycles. The highest BCUT2D eigenvalue weighted by Gasteiger charge is 2.03. The fraction of sp³-hybridized carbons (Fsp3) is 0.300. The topological polar surface area (TPSA) is 52.8 Å². The first-order valence-electron chi connectivity index (χ1n) is 4.72. The van der Waals surface area contributed by atoms with E-state index in [4.69, 9.17) is 4.74 Å². The number of benzene rings is 1. The third kappa shape index (κ3) is 2.38. The Kier molecular flexibility index (Phi) is 3.04. The summed E-state index contributed by atoms with van der Waals surface area (Å²) in [5.41, 5.74) is 0.973. The number of aromatic nitrogens is 4. The third-order valence-corrected chi connectivity index (χ3v) is 1.98. The van der Waals surface area contributed by atoms with E-state index in [9.17, 15) is 0 Å². The molecule has 5 heteroatoms. The van der Waals surface area contributed by atoms with Gasteiger partial charge in [-0.15, -0.1) is 10.2 Å². The van der Waals surface area contributed by atoms with Crippen molar-refractivity contribution in [2.75, 3.05) is 13.7 Å². The van der Waals surface area contributed by atoms with Crippen molar-refractivity contribution < 1.29 is 4.74 Å². The fourth-order valence-electron chi connectivity index (χ4n) is 1.21. The van der Waals surface area contributed by atoms with E-state index in [1.165, 1.54) is 4.80 Å². The van der Waals surface area contributed by atoms with Crippen molar-refractivity contribution in [2.45, 2.75) is 6.54 Å². The molecule has 15 heavy (non-hydrogen) atoms. The second-order valence-electron chi connectivity index (χ2n) is 3.07. The van der Waals surface area contributed by atoms with E-state index in [0.29, 0.717) is 19.0 Å². The SMILES string of the molecule is COCCn1nnc(-c2ccccc2)n1. The number of methoxy groups -OCH3 is 1. The first kappa shape index (κ1) is 9.79. The molecule has 2 rings (SSSR count). The predicted molar refractivity (Wildman–Crippen MR) is 55.1 cm³/mol. The van der Waals surface area contributed by atoms with Crippen molar-refractivity contribution in [2.24, 2.45) is 0 Å². The number of tetrazole rings is 1. The van der Waals surface area contributed by atoms with Gasteiger partial charge in [-0.3, -0.25) is 0 Å². The van der Waals surface area contributed by atoms with E-state index >= 15 is 0 Å². The van der Waals surface area contributed by atoms with Gasteiger partial charge in [-0.25, -0.2) is 0 Å². The summed E-state index contributed by atoms with van der Waals surface area (Å²) in [6, 6.07) is 9.77. The Hall–Kier alpha value is -1.75. The van der Waals surface area contributed by atoms with Crippen LogP contribution < -0.4 is 0 Å². The first-order chi connectivity index (χ1) is 7.40. The summed E-state index contributed by atoms with van der Waals surface area (Å²) in [7, 11) is 1.65. The number of hydrogen-bond acceptors (Lipinski definition) is 4. The summed E-state index contributed by atoms with van der Waals surface area (Å²) in [6.07, 6.45) is 0. The molecule has 2 aromatic rings. The average molecular weight is 204 g/mol. The van der Waals surface area contributed by atoms with Gasteiger partial charge in [0, 0.05) is 12.7 Å². The Morgan fingerprint density at radius 3 is 2.80 bits per heavy atom. The van der Waals surface area contributed by atoms with Crippen LogP contribution in [0.1, 0.15) is 0 Å². The second-order valence-corrected chi connectivity index (χ2v) is 3.07. The Morgan fingerprint density at radius 1 is 1.27 bits per heavy atom. The Balaban J connectivity index is 2.14. The molecule has 0 bridgehead atoms. The highest BCUT2D eigenvalue weighted by atomic mass is 16.5. The van der Waals surface area contributed by atoms with Crippen LogP contribution >= 0.6 is 0 Å². The summed E-state index contributed by atoms with van der Waals surface area (Å²) in [6.45, 7) is 1.21. The summed E-state index contributed by atoms with van der Waals surface area (Å²) in [4.78, 5) is 1.53. The summed E-state index contributed by atoms with van der Waals surface area (Å²) in [5.74, 6) is 0.645. The van der Waals surface area contributed by atoms with Crippen LogP contribution in [0, 0.1) is 0 Å². The van der Waals surface area contributed by atoms with Gasteiger partial charge in [0.15, 0.2) is 0 Å². The molecule has 0 radical (unpaired) electrons. The maximum absolute atomic E-state index is 4.93.